The van der Waals surface area contributed by atoms with Crippen molar-refractivity contribution in [3.63, 3.8) is 0 Å². The van der Waals surface area contributed by atoms with Gasteiger partial charge >= 0.3 is 0 Å². The van der Waals surface area contributed by atoms with Crippen LogP contribution in [-0.2, 0) is 34.2 Å². The van der Waals surface area contributed by atoms with Gasteiger partial charge in [-0.3, -0.25) is 4.79 Å². The van der Waals surface area contributed by atoms with E-state index in [-0.39, 0.29) is 43.9 Å². The molecular formula is C33H39N3O5S. The predicted octanol–water partition coefficient (Wildman–Crippen LogP) is 4.67. The molecule has 0 spiro atoms. The van der Waals surface area contributed by atoms with Gasteiger partial charge in [-0.15, -0.1) is 0 Å². The van der Waals surface area contributed by atoms with E-state index in [1.807, 2.05) is 92.2 Å². The molecule has 8 nitrogen and oxygen atoms in total. The number of benzene rings is 3. The smallest absolute Gasteiger partial charge is 0.271 e. The molecule has 4 aromatic rings. The number of aliphatic hydroxyl groups excluding tert-OH is 1. The van der Waals surface area contributed by atoms with Crippen LogP contribution in [-0.4, -0.2) is 72.1 Å². The number of para-hydroxylation sites is 1. The summed E-state index contributed by atoms with van der Waals surface area (Å²) in [6.45, 7) is 4.26. The second kappa shape index (κ2) is 12.4. The molecule has 3 aromatic carbocycles. The number of carbonyl (C=O) groups excluding carboxylic acids is 1. The number of fused-ring (bicyclic) bond motifs is 5. The Hall–Kier alpha value is -3.50. The third-order valence-corrected chi connectivity index (χ3v) is 10.1. The van der Waals surface area contributed by atoms with Gasteiger partial charge in [-0.1, -0.05) is 79.7 Å². The molecule has 2 heterocycles. The zero-order valence-corrected chi connectivity index (χ0v) is 25.4. The van der Waals surface area contributed by atoms with E-state index >= 15 is 0 Å². The van der Waals surface area contributed by atoms with Crippen LogP contribution in [0.1, 0.15) is 35.5 Å². The minimum atomic E-state index is -3.62. The van der Waals surface area contributed by atoms with Crippen molar-refractivity contribution in [2.24, 2.45) is 13.0 Å². The largest absolute Gasteiger partial charge is 0.394 e. The maximum atomic E-state index is 14.5. The summed E-state index contributed by atoms with van der Waals surface area (Å²) in [6.07, 6.45) is -0.507. The van der Waals surface area contributed by atoms with E-state index in [0.717, 1.165) is 27.6 Å². The number of aryl methyl sites for hydroxylation is 1. The quantitative estimate of drug-likeness (QED) is 0.339. The SMILES string of the molecule is C[C@H]1CN([C@@H](C)CO)C(=O)c2c(c3ccccc3n2C)-c2ccccc2CO[C@H]1CN(C)S(=O)(=O)Cc1ccccc1. The summed E-state index contributed by atoms with van der Waals surface area (Å²) in [7, 11) is -0.142. The molecule has 9 heteroatoms. The number of amides is 1. The molecule has 1 aliphatic heterocycles. The fourth-order valence-electron chi connectivity index (χ4n) is 5.79. The van der Waals surface area contributed by atoms with Crippen LogP contribution in [0, 0.1) is 5.92 Å². The Morgan fingerprint density at radius 3 is 2.43 bits per heavy atom. The predicted molar refractivity (Wildman–Crippen MR) is 165 cm³/mol. The topological polar surface area (TPSA) is 92.1 Å². The van der Waals surface area contributed by atoms with E-state index < -0.39 is 22.2 Å². The van der Waals surface area contributed by atoms with Gasteiger partial charge in [0.05, 0.1) is 31.1 Å². The molecule has 0 saturated heterocycles. The number of hydrogen-bond donors (Lipinski definition) is 1. The Labute approximate surface area is 248 Å². The van der Waals surface area contributed by atoms with Crippen LogP contribution in [0.2, 0.25) is 0 Å². The second-order valence-corrected chi connectivity index (χ2v) is 13.4. The van der Waals surface area contributed by atoms with Crippen LogP contribution in [0.15, 0.2) is 78.9 Å². The summed E-state index contributed by atoms with van der Waals surface area (Å²) in [5.74, 6) is -0.527. The number of aliphatic hydroxyl groups is 1. The Balaban J connectivity index is 1.57. The molecule has 1 aromatic heterocycles. The number of ether oxygens (including phenoxy) is 1. The van der Waals surface area contributed by atoms with Crippen LogP contribution in [0.3, 0.4) is 0 Å². The summed E-state index contributed by atoms with van der Waals surface area (Å²) >= 11 is 0. The third-order valence-electron chi connectivity index (χ3n) is 8.33. The molecule has 0 saturated carbocycles. The highest BCUT2D eigenvalue weighted by atomic mass is 32.2. The molecule has 0 bridgehead atoms. The van der Waals surface area contributed by atoms with Crippen LogP contribution >= 0.6 is 0 Å². The molecule has 222 valence electrons. The number of nitrogens with zero attached hydrogens (tertiary/aromatic N) is 3. The van der Waals surface area contributed by atoms with Crippen molar-refractivity contribution >= 4 is 26.8 Å². The van der Waals surface area contributed by atoms with Gasteiger partial charge in [0.25, 0.3) is 5.91 Å². The average molecular weight is 590 g/mol. The molecule has 0 aliphatic carbocycles. The van der Waals surface area contributed by atoms with Gasteiger partial charge in [-0.2, -0.15) is 0 Å². The van der Waals surface area contributed by atoms with E-state index in [1.54, 1.807) is 24.1 Å². The average Bonchev–Trinajstić information content (AvgIpc) is 3.28. The number of hydrogen-bond acceptors (Lipinski definition) is 5. The van der Waals surface area contributed by atoms with Crippen LogP contribution < -0.4 is 0 Å². The number of rotatable bonds is 7. The van der Waals surface area contributed by atoms with Gasteiger partial charge in [-0.25, -0.2) is 12.7 Å². The Bertz CT molecular complexity index is 1670. The molecule has 0 radical (unpaired) electrons. The van der Waals surface area contributed by atoms with Crippen LogP contribution in [0.4, 0.5) is 0 Å². The Kier molecular flexibility index (Phi) is 8.84. The van der Waals surface area contributed by atoms with Crippen molar-refractivity contribution in [3.8, 4) is 11.1 Å². The number of aromatic nitrogens is 1. The summed E-state index contributed by atoms with van der Waals surface area (Å²) in [5, 5.41) is 11.1. The zero-order valence-electron chi connectivity index (χ0n) is 24.6. The van der Waals surface area contributed by atoms with E-state index in [2.05, 4.69) is 0 Å². The number of sulfonamides is 1. The number of likely N-dealkylation sites (N-methyl/N-ethyl adjacent to an activating group) is 1. The van der Waals surface area contributed by atoms with Crippen molar-refractivity contribution < 1.29 is 23.1 Å². The minimum Gasteiger partial charge on any atom is -0.394 e. The summed E-state index contributed by atoms with van der Waals surface area (Å²) < 4.78 is 36.5. The minimum absolute atomic E-state index is 0.108. The summed E-state index contributed by atoms with van der Waals surface area (Å²) in [5.41, 5.74) is 4.86. The molecule has 0 unspecified atom stereocenters. The fraction of sp³-hybridized carbons (Fsp3) is 0.364. The van der Waals surface area contributed by atoms with Crippen LogP contribution in [0.5, 0.6) is 0 Å². The van der Waals surface area contributed by atoms with Gasteiger partial charge in [-0.05, 0) is 29.7 Å². The highest BCUT2D eigenvalue weighted by Crippen LogP contribution is 2.38. The Morgan fingerprint density at radius 1 is 1.02 bits per heavy atom. The summed E-state index contributed by atoms with van der Waals surface area (Å²) in [6, 6.07) is 24.5. The Morgan fingerprint density at radius 2 is 1.69 bits per heavy atom. The van der Waals surface area contributed by atoms with Crippen molar-refractivity contribution in [1.29, 1.82) is 0 Å². The lowest BCUT2D eigenvalue weighted by Crippen LogP contribution is -2.48. The maximum absolute atomic E-state index is 14.5. The highest BCUT2D eigenvalue weighted by Gasteiger charge is 2.34. The van der Waals surface area contributed by atoms with Crippen LogP contribution in [0.25, 0.3) is 22.0 Å². The highest BCUT2D eigenvalue weighted by molar-refractivity contribution is 7.88. The van der Waals surface area contributed by atoms with Gasteiger partial charge in [0, 0.05) is 49.6 Å². The van der Waals surface area contributed by atoms with Gasteiger partial charge in [0.2, 0.25) is 10.0 Å². The van der Waals surface area contributed by atoms with Crippen molar-refractivity contribution in [2.45, 2.75) is 38.4 Å². The molecule has 1 amide bonds. The molecule has 0 fully saturated rings. The van der Waals surface area contributed by atoms with Gasteiger partial charge in [0.15, 0.2) is 0 Å². The number of carbonyl (C=O) groups is 1. The maximum Gasteiger partial charge on any atom is 0.271 e. The van der Waals surface area contributed by atoms with Crippen molar-refractivity contribution in [1.82, 2.24) is 13.8 Å². The zero-order chi connectivity index (χ0) is 30.0. The fourth-order valence-corrected chi connectivity index (χ4v) is 7.00. The lowest BCUT2D eigenvalue weighted by atomic mass is 9.96. The van der Waals surface area contributed by atoms with Gasteiger partial charge in [0.1, 0.15) is 5.69 Å². The first-order chi connectivity index (χ1) is 20.1. The lowest BCUT2D eigenvalue weighted by Gasteiger charge is -2.35. The third kappa shape index (κ3) is 5.87. The first-order valence-electron chi connectivity index (χ1n) is 14.3. The lowest BCUT2D eigenvalue weighted by molar-refractivity contribution is -0.0147. The van der Waals surface area contributed by atoms with Crippen molar-refractivity contribution in [3.05, 3.63) is 95.7 Å². The van der Waals surface area contributed by atoms with Crippen molar-refractivity contribution in [2.75, 3.05) is 26.7 Å². The molecule has 1 N–H and O–H groups in total. The molecule has 42 heavy (non-hydrogen) atoms. The first kappa shape index (κ1) is 30.0. The van der Waals surface area contributed by atoms with E-state index in [4.69, 9.17) is 4.74 Å². The normalized spacial score (nSPS) is 18.9. The summed E-state index contributed by atoms with van der Waals surface area (Å²) in [4.78, 5) is 16.2. The standard InChI is InChI=1S/C33H39N3O5S/c1-23-18-36(24(2)20-37)33(38)32-31(28-16-10-11-17-29(28)35(32)4)27-15-9-8-14-26(27)21-41-30(23)19-34(3)42(39,40)22-25-12-6-5-7-13-25/h5-17,23-24,30,37H,18-22H2,1-4H3/t23-,24-,30-/m0/s1. The molecule has 3 atom stereocenters. The first-order valence-corrected chi connectivity index (χ1v) is 15.9. The van der Waals surface area contributed by atoms with Gasteiger partial charge < -0.3 is 19.3 Å². The second-order valence-electron chi connectivity index (χ2n) is 11.3. The van der Waals surface area contributed by atoms with E-state index in [1.165, 1.54) is 4.31 Å². The molecule has 1 aliphatic rings. The molecule has 5 rings (SSSR count). The monoisotopic (exact) mass is 589 g/mol. The van der Waals surface area contributed by atoms with E-state index in [0.29, 0.717) is 11.3 Å². The molecular weight excluding hydrogens is 550 g/mol. The van der Waals surface area contributed by atoms with E-state index in [9.17, 15) is 18.3 Å².